The Labute approximate surface area is 342 Å². The number of carboxylic acid groups (broad SMARTS) is 1. The smallest absolute Gasteiger partial charge is 0.306 e. The van der Waals surface area contributed by atoms with Gasteiger partial charge in [0.1, 0.15) is 10.7 Å². The zero-order valence-corrected chi connectivity index (χ0v) is 35.7. The molecule has 2 heterocycles. The average Bonchev–Trinajstić information content (AvgIpc) is 3.69. The molecule has 1 fully saturated rings. The number of rotatable bonds is 20. The van der Waals surface area contributed by atoms with Crippen molar-refractivity contribution in [3.8, 4) is 11.1 Å². The molecule has 12 heteroatoms. The predicted octanol–water partition coefficient (Wildman–Crippen LogP) is 7.85. The maximum Gasteiger partial charge on any atom is 0.306 e. The molecular weight excluding hydrogens is 741 g/mol. The highest BCUT2D eigenvalue weighted by Gasteiger charge is 2.37. The molecule has 2 aromatic carbocycles. The number of esters is 1. The molecule has 3 unspecified atom stereocenters. The zero-order valence-electron chi connectivity index (χ0n) is 34.9. The first kappa shape index (κ1) is 45.3. The number of aromatic nitrogens is 1. The fourth-order valence-electron chi connectivity index (χ4n) is 7.84. The number of benzene rings is 2. The van der Waals surface area contributed by atoms with E-state index in [9.17, 15) is 29.1 Å². The van der Waals surface area contributed by atoms with Gasteiger partial charge in [0, 0.05) is 50.2 Å². The number of hydrogen-bond acceptors (Lipinski definition) is 9. The van der Waals surface area contributed by atoms with E-state index in [0.717, 1.165) is 48.9 Å². The van der Waals surface area contributed by atoms with Gasteiger partial charge in [-0.15, -0.1) is 11.3 Å². The first-order chi connectivity index (χ1) is 27.1. The highest BCUT2D eigenvalue weighted by molar-refractivity contribution is 7.09. The molecule has 57 heavy (non-hydrogen) atoms. The van der Waals surface area contributed by atoms with E-state index in [1.165, 1.54) is 18.3 Å². The minimum atomic E-state index is -0.948. The number of ketones is 1. The number of ether oxygens (including phenoxy) is 1. The van der Waals surface area contributed by atoms with Crippen LogP contribution < -0.4 is 5.32 Å². The Bertz CT molecular complexity index is 1800. The van der Waals surface area contributed by atoms with Gasteiger partial charge in [0.15, 0.2) is 11.9 Å². The van der Waals surface area contributed by atoms with E-state index in [-0.39, 0.29) is 60.6 Å². The van der Waals surface area contributed by atoms with E-state index >= 15 is 0 Å². The van der Waals surface area contributed by atoms with E-state index < -0.39 is 41.8 Å². The van der Waals surface area contributed by atoms with Crippen LogP contribution >= 0.6 is 11.3 Å². The Balaban J connectivity index is 1.51. The van der Waals surface area contributed by atoms with Gasteiger partial charge in [-0.3, -0.25) is 28.9 Å². The molecule has 3 aromatic rings. The number of likely N-dealkylation sites (tertiary alicyclic amines) is 1. The molecule has 0 spiro atoms. The number of nitrogens with zero attached hydrogens (tertiary/aromatic N) is 3. The van der Waals surface area contributed by atoms with Gasteiger partial charge in [0.25, 0.3) is 5.91 Å². The summed E-state index contributed by atoms with van der Waals surface area (Å²) in [6.07, 6.45) is 3.87. The van der Waals surface area contributed by atoms with Crippen LogP contribution in [0.15, 0.2) is 60.0 Å². The monoisotopic (exact) mass is 802 g/mol. The van der Waals surface area contributed by atoms with E-state index in [2.05, 4.69) is 15.2 Å². The fraction of sp³-hybridized carbons (Fsp3) is 0.556. The third kappa shape index (κ3) is 12.8. The first-order valence-electron chi connectivity index (χ1n) is 20.4. The number of likely N-dealkylation sites (N-methyl/N-ethyl adjacent to an activating group) is 1. The van der Waals surface area contributed by atoms with Crippen LogP contribution in [-0.2, 0) is 30.3 Å². The normalized spacial score (nSPS) is 17.8. The molecular formula is C45H62N4O7S. The lowest BCUT2D eigenvalue weighted by molar-refractivity contribution is -0.149. The molecule has 1 aliphatic heterocycles. The van der Waals surface area contributed by atoms with Crippen molar-refractivity contribution >= 4 is 40.9 Å². The number of amides is 2. The Morgan fingerprint density at radius 3 is 2.25 bits per heavy atom. The largest absolute Gasteiger partial charge is 0.481 e. The second-order valence-electron chi connectivity index (χ2n) is 16.2. The summed E-state index contributed by atoms with van der Waals surface area (Å²) in [7, 11) is 3.74. The van der Waals surface area contributed by atoms with E-state index in [4.69, 9.17) is 4.74 Å². The zero-order chi connectivity index (χ0) is 41.8. The van der Waals surface area contributed by atoms with E-state index in [1.54, 1.807) is 24.3 Å². The van der Waals surface area contributed by atoms with Gasteiger partial charge in [0.2, 0.25) is 5.91 Å². The van der Waals surface area contributed by atoms with Gasteiger partial charge in [-0.1, -0.05) is 102 Å². The van der Waals surface area contributed by atoms with Crippen LogP contribution in [-0.4, -0.2) is 88.2 Å². The van der Waals surface area contributed by atoms with Crippen molar-refractivity contribution in [2.24, 2.45) is 23.7 Å². The number of carboxylic acids is 1. The van der Waals surface area contributed by atoms with Crippen molar-refractivity contribution in [3.05, 3.63) is 76.2 Å². The molecule has 0 bridgehead atoms. The number of Topliss-reactive ketones (excluding diaryl/α,β-unsaturated/α-hetero) is 1. The number of hydrogen-bond donors (Lipinski definition) is 2. The molecule has 310 valence electrons. The molecule has 0 radical (unpaired) electrons. The highest BCUT2D eigenvalue weighted by Crippen LogP contribution is 2.33. The van der Waals surface area contributed by atoms with Crippen molar-refractivity contribution in [1.29, 1.82) is 0 Å². The third-order valence-corrected chi connectivity index (χ3v) is 12.5. The molecule has 2 amide bonds. The summed E-state index contributed by atoms with van der Waals surface area (Å²) >= 11 is 1.19. The lowest BCUT2D eigenvalue weighted by Gasteiger charge is -2.37. The van der Waals surface area contributed by atoms with Gasteiger partial charge in [0.05, 0.1) is 12.0 Å². The minimum absolute atomic E-state index is 0.00845. The summed E-state index contributed by atoms with van der Waals surface area (Å²) in [5.41, 5.74) is 3.22. The summed E-state index contributed by atoms with van der Waals surface area (Å²) < 4.78 is 5.82. The number of carbonyl (C=O) groups is 5. The number of nitrogens with one attached hydrogen (secondary N) is 1. The second-order valence-corrected chi connectivity index (χ2v) is 17.1. The topological polar surface area (TPSA) is 146 Å². The average molecular weight is 803 g/mol. The van der Waals surface area contributed by atoms with Crippen LogP contribution in [0.1, 0.15) is 114 Å². The number of thiazole rings is 1. The van der Waals surface area contributed by atoms with Crippen LogP contribution in [0.25, 0.3) is 11.1 Å². The van der Waals surface area contributed by atoms with Gasteiger partial charge in [-0.2, -0.15) is 0 Å². The van der Waals surface area contributed by atoms with Crippen molar-refractivity contribution in [3.63, 3.8) is 0 Å². The lowest BCUT2D eigenvalue weighted by Crippen LogP contribution is -2.48. The van der Waals surface area contributed by atoms with Gasteiger partial charge < -0.3 is 20.1 Å². The molecule has 4 rings (SSSR count). The fourth-order valence-corrected chi connectivity index (χ4v) is 8.68. The molecule has 2 N–H and O–H groups in total. The Morgan fingerprint density at radius 2 is 1.65 bits per heavy atom. The Hall–Kier alpha value is -4.42. The SMILES string of the molecule is CCC(C)[C@H](CC(=O)C1CCCCN1C)C(=O)N(C)C(C[C@@H](OC(C)=O)c1nc(C(=O)N[C@@H](Cc2ccc(-c3ccccc3)cc2)C[C@H](C)C(=O)O)cs1)C(C)C. The van der Waals surface area contributed by atoms with E-state index in [1.807, 2.05) is 89.3 Å². The number of piperidine rings is 1. The number of carbonyl (C=O) groups excluding carboxylic acids is 4. The van der Waals surface area contributed by atoms with E-state index in [0.29, 0.717) is 11.4 Å². The maximum absolute atomic E-state index is 14.3. The molecule has 11 nitrogen and oxygen atoms in total. The highest BCUT2D eigenvalue weighted by atomic mass is 32.1. The van der Waals surface area contributed by atoms with Crippen molar-refractivity contribution in [2.45, 2.75) is 117 Å². The second kappa shape index (κ2) is 21.4. The van der Waals surface area contributed by atoms with Crippen LogP contribution in [0.5, 0.6) is 0 Å². The van der Waals surface area contributed by atoms with Gasteiger partial charge in [-0.25, -0.2) is 4.98 Å². The lowest BCUT2D eigenvalue weighted by atomic mass is 9.83. The van der Waals surface area contributed by atoms with Crippen molar-refractivity contribution in [2.75, 3.05) is 20.6 Å². The van der Waals surface area contributed by atoms with Crippen molar-refractivity contribution < 1.29 is 33.8 Å². The van der Waals surface area contributed by atoms with Crippen molar-refractivity contribution in [1.82, 2.24) is 20.1 Å². The Morgan fingerprint density at radius 1 is 0.982 bits per heavy atom. The molecule has 1 aromatic heterocycles. The molecule has 1 aliphatic rings. The number of aliphatic carboxylic acids is 1. The summed E-state index contributed by atoms with van der Waals surface area (Å²) in [6.45, 7) is 11.9. The van der Waals surface area contributed by atoms with Gasteiger partial charge >= 0.3 is 11.9 Å². The summed E-state index contributed by atoms with van der Waals surface area (Å²) in [5.74, 6) is -3.14. The summed E-state index contributed by atoms with van der Waals surface area (Å²) in [5, 5.41) is 14.7. The van der Waals surface area contributed by atoms with Crippen LogP contribution in [0, 0.1) is 23.7 Å². The molecule has 1 saturated heterocycles. The molecule has 0 saturated carbocycles. The Kier molecular flexibility index (Phi) is 17.0. The van der Waals surface area contributed by atoms with Crippen LogP contribution in [0.4, 0.5) is 0 Å². The maximum atomic E-state index is 14.3. The predicted molar refractivity (Wildman–Crippen MR) is 224 cm³/mol. The summed E-state index contributed by atoms with van der Waals surface area (Å²) in [4.78, 5) is 74.3. The standard InChI is InChI=1S/C45H62N4O7S/c1-9-29(4)36(25-40(51)38-17-13-14-22-48(38)7)44(53)49(8)39(28(2)3)26-41(56-31(6)50)43-47-37(27-57-43)42(52)46-35(23-30(5)45(54)55)24-32-18-20-34(21-19-32)33-15-11-10-12-16-33/h10-12,15-16,18-21,27-30,35-36,38-39,41H,9,13-14,17,22-26H2,1-8H3,(H,46,52)(H,54,55)/t29?,30-,35+,36-,38?,39?,41+/m0/s1. The van der Waals surface area contributed by atoms with Crippen LogP contribution in [0.3, 0.4) is 0 Å². The minimum Gasteiger partial charge on any atom is -0.481 e. The van der Waals surface area contributed by atoms with Gasteiger partial charge in [-0.05, 0) is 67.8 Å². The third-order valence-electron chi connectivity index (χ3n) is 11.6. The molecule has 0 aliphatic carbocycles. The quantitative estimate of drug-likeness (QED) is 0.109. The summed E-state index contributed by atoms with van der Waals surface area (Å²) in [6, 6.07) is 17.0. The first-order valence-corrected chi connectivity index (χ1v) is 21.3. The molecule has 7 atom stereocenters. The van der Waals surface area contributed by atoms with Crippen LogP contribution in [0.2, 0.25) is 0 Å².